The van der Waals surface area contributed by atoms with E-state index in [9.17, 15) is 4.79 Å². The Morgan fingerprint density at radius 2 is 2.38 bits per heavy atom. The van der Waals surface area contributed by atoms with Crippen LogP contribution in [0, 0.1) is 17.2 Å². The van der Waals surface area contributed by atoms with Gasteiger partial charge in [-0.15, -0.1) is 0 Å². The Morgan fingerprint density at radius 1 is 1.50 bits per heavy atom. The summed E-state index contributed by atoms with van der Waals surface area (Å²) in [6.45, 7) is 3.26. The number of hydrogen-bond acceptors (Lipinski definition) is 5. The van der Waals surface area contributed by atoms with Crippen molar-refractivity contribution in [3.05, 3.63) is 22.8 Å². The molecule has 1 aromatic heterocycles. The van der Waals surface area contributed by atoms with Crippen molar-refractivity contribution in [3.63, 3.8) is 0 Å². The molecule has 2 unspecified atom stereocenters. The van der Waals surface area contributed by atoms with Gasteiger partial charge < -0.3 is 15.5 Å². The third-order valence-electron chi connectivity index (χ3n) is 4.75. The van der Waals surface area contributed by atoms with E-state index in [2.05, 4.69) is 26.6 Å². The molecule has 0 spiro atoms. The van der Waals surface area contributed by atoms with Crippen LogP contribution in [-0.2, 0) is 4.79 Å². The molecule has 2 atom stereocenters. The van der Waals surface area contributed by atoms with Gasteiger partial charge in [0, 0.05) is 25.8 Å². The molecule has 7 heteroatoms. The molecule has 0 aliphatic carbocycles. The maximum absolute atomic E-state index is 12.1. The molecule has 0 aromatic carbocycles. The molecule has 2 N–H and O–H groups in total. The van der Waals surface area contributed by atoms with Crippen LogP contribution >= 0.6 is 11.6 Å². The number of nitriles is 1. The number of nitrogens with one attached hydrogen (secondary N) is 2. The third kappa shape index (κ3) is 3.80. The summed E-state index contributed by atoms with van der Waals surface area (Å²) >= 11 is 6.30. The van der Waals surface area contributed by atoms with Gasteiger partial charge in [-0.3, -0.25) is 4.79 Å². The monoisotopic (exact) mass is 347 g/mol. The first-order valence-electron chi connectivity index (χ1n) is 8.49. The summed E-state index contributed by atoms with van der Waals surface area (Å²) in [7, 11) is 0. The van der Waals surface area contributed by atoms with E-state index in [1.54, 1.807) is 12.3 Å². The van der Waals surface area contributed by atoms with E-state index in [1.807, 2.05) is 0 Å². The Labute approximate surface area is 147 Å². The minimum atomic E-state index is -0.0342. The van der Waals surface area contributed by atoms with Gasteiger partial charge in [-0.2, -0.15) is 5.26 Å². The number of pyridine rings is 1. The SMILES string of the molecule is N#Cc1ccnc(N2CCCC(CNC(=O)C3CCCN3)C2)c1Cl. The fourth-order valence-corrected chi connectivity index (χ4v) is 3.71. The molecule has 2 saturated heterocycles. The number of nitrogens with zero attached hydrogens (tertiary/aromatic N) is 3. The number of carbonyl (C=O) groups excluding carboxylic acids is 1. The van der Waals surface area contributed by atoms with Gasteiger partial charge >= 0.3 is 0 Å². The second-order valence-electron chi connectivity index (χ2n) is 6.46. The molecule has 2 aliphatic rings. The Kier molecular flexibility index (Phi) is 5.54. The summed E-state index contributed by atoms with van der Waals surface area (Å²) < 4.78 is 0. The van der Waals surface area contributed by atoms with Crippen LogP contribution in [0.5, 0.6) is 0 Å². The normalized spacial score (nSPS) is 23.8. The zero-order chi connectivity index (χ0) is 16.9. The molecule has 0 saturated carbocycles. The average molecular weight is 348 g/mol. The number of piperidine rings is 1. The van der Waals surface area contributed by atoms with Gasteiger partial charge in [0.25, 0.3) is 0 Å². The minimum absolute atomic E-state index is 0.0342. The lowest BCUT2D eigenvalue weighted by molar-refractivity contribution is -0.122. The van der Waals surface area contributed by atoms with Crippen LogP contribution in [0.4, 0.5) is 5.82 Å². The fraction of sp³-hybridized carbons (Fsp3) is 0.588. The zero-order valence-electron chi connectivity index (χ0n) is 13.6. The van der Waals surface area contributed by atoms with Gasteiger partial charge in [-0.05, 0) is 44.2 Å². The van der Waals surface area contributed by atoms with Crippen LogP contribution in [-0.4, -0.2) is 43.1 Å². The van der Waals surface area contributed by atoms with Crippen molar-refractivity contribution < 1.29 is 4.79 Å². The van der Waals surface area contributed by atoms with Crippen molar-refractivity contribution in [3.8, 4) is 6.07 Å². The van der Waals surface area contributed by atoms with Gasteiger partial charge in [0.05, 0.1) is 11.6 Å². The quantitative estimate of drug-likeness (QED) is 0.866. The van der Waals surface area contributed by atoms with Crippen LogP contribution in [0.3, 0.4) is 0 Å². The number of aromatic nitrogens is 1. The second kappa shape index (κ2) is 7.82. The predicted molar refractivity (Wildman–Crippen MR) is 92.9 cm³/mol. The summed E-state index contributed by atoms with van der Waals surface area (Å²) in [6, 6.07) is 3.69. The fourth-order valence-electron chi connectivity index (χ4n) is 3.44. The van der Waals surface area contributed by atoms with E-state index in [4.69, 9.17) is 16.9 Å². The summed E-state index contributed by atoms with van der Waals surface area (Å²) in [5.41, 5.74) is 0.449. The maximum Gasteiger partial charge on any atom is 0.237 e. The largest absolute Gasteiger partial charge is 0.355 e. The summed E-state index contributed by atoms with van der Waals surface area (Å²) in [6.07, 6.45) is 5.70. The van der Waals surface area contributed by atoms with E-state index >= 15 is 0 Å². The first kappa shape index (κ1) is 17.0. The van der Waals surface area contributed by atoms with Crippen LogP contribution in [0.15, 0.2) is 12.3 Å². The molecule has 6 nitrogen and oxygen atoms in total. The molecular formula is C17H22ClN5O. The number of rotatable bonds is 4. The third-order valence-corrected chi connectivity index (χ3v) is 5.12. The predicted octanol–water partition coefficient (Wildman–Crippen LogP) is 1.69. The molecule has 3 rings (SSSR count). The number of anilines is 1. The highest BCUT2D eigenvalue weighted by atomic mass is 35.5. The van der Waals surface area contributed by atoms with Crippen molar-refractivity contribution in [1.82, 2.24) is 15.6 Å². The number of carbonyl (C=O) groups is 1. The van der Waals surface area contributed by atoms with Crippen molar-refractivity contribution in [2.45, 2.75) is 31.7 Å². The van der Waals surface area contributed by atoms with E-state index in [-0.39, 0.29) is 11.9 Å². The van der Waals surface area contributed by atoms with Crippen molar-refractivity contribution >= 4 is 23.3 Å². The van der Waals surface area contributed by atoms with Gasteiger partial charge in [0.1, 0.15) is 16.9 Å². The van der Waals surface area contributed by atoms with Crippen LogP contribution in [0.2, 0.25) is 5.02 Å². The summed E-state index contributed by atoms with van der Waals surface area (Å²) in [5, 5.41) is 15.8. The Morgan fingerprint density at radius 3 is 3.12 bits per heavy atom. The van der Waals surface area contributed by atoms with E-state index in [0.717, 1.165) is 45.3 Å². The number of halogens is 1. The van der Waals surface area contributed by atoms with E-state index < -0.39 is 0 Å². The maximum atomic E-state index is 12.1. The Hall–Kier alpha value is -1.84. The molecule has 0 bridgehead atoms. The van der Waals surface area contributed by atoms with Crippen LogP contribution in [0.1, 0.15) is 31.2 Å². The molecule has 1 aromatic rings. The topological polar surface area (TPSA) is 81.1 Å². The molecule has 2 fully saturated rings. The van der Waals surface area contributed by atoms with Gasteiger partial charge in [-0.25, -0.2) is 4.98 Å². The average Bonchev–Trinajstić information content (AvgIpc) is 3.15. The van der Waals surface area contributed by atoms with Gasteiger partial charge in [0.2, 0.25) is 5.91 Å². The molecule has 128 valence electrons. The standard InChI is InChI=1S/C17H22ClN5O/c18-15-13(9-19)5-7-21-16(15)23-8-2-3-12(11-23)10-22-17(24)14-4-1-6-20-14/h5,7,12,14,20H,1-4,6,8,10-11H2,(H,22,24). The molecular weight excluding hydrogens is 326 g/mol. The van der Waals surface area contributed by atoms with Crippen molar-refractivity contribution in [2.75, 3.05) is 31.1 Å². The number of hydrogen-bond donors (Lipinski definition) is 2. The van der Waals surface area contributed by atoms with E-state index in [1.165, 1.54) is 0 Å². The lowest BCUT2D eigenvalue weighted by atomic mass is 9.97. The Bertz CT molecular complexity index is 638. The minimum Gasteiger partial charge on any atom is -0.355 e. The molecule has 0 radical (unpaired) electrons. The lowest BCUT2D eigenvalue weighted by Crippen LogP contribution is -2.45. The summed E-state index contributed by atoms with van der Waals surface area (Å²) in [4.78, 5) is 18.6. The Balaban J connectivity index is 1.58. The second-order valence-corrected chi connectivity index (χ2v) is 6.83. The van der Waals surface area contributed by atoms with Crippen LogP contribution in [0.25, 0.3) is 0 Å². The highest BCUT2D eigenvalue weighted by molar-refractivity contribution is 6.34. The van der Waals surface area contributed by atoms with Crippen molar-refractivity contribution in [1.29, 1.82) is 5.26 Å². The van der Waals surface area contributed by atoms with Crippen LogP contribution < -0.4 is 15.5 Å². The molecule has 2 aliphatic heterocycles. The van der Waals surface area contributed by atoms with E-state index in [0.29, 0.717) is 28.9 Å². The zero-order valence-corrected chi connectivity index (χ0v) is 14.4. The lowest BCUT2D eigenvalue weighted by Gasteiger charge is -2.34. The smallest absolute Gasteiger partial charge is 0.237 e. The molecule has 1 amide bonds. The molecule has 3 heterocycles. The van der Waals surface area contributed by atoms with Crippen molar-refractivity contribution in [2.24, 2.45) is 5.92 Å². The highest BCUT2D eigenvalue weighted by Crippen LogP contribution is 2.29. The van der Waals surface area contributed by atoms with Gasteiger partial charge in [-0.1, -0.05) is 11.6 Å². The first-order chi connectivity index (χ1) is 11.7. The summed E-state index contributed by atoms with van der Waals surface area (Å²) in [5.74, 6) is 1.14. The first-order valence-corrected chi connectivity index (χ1v) is 8.87. The molecule has 24 heavy (non-hydrogen) atoms. The van der Waals surface area contributed by atoms with Gasteiger partial charge in [0.15, 0.2) is 0 Å². The number of amides is 1. The highest BCUT2D eigenvalue weighted by Gasteiger charge is 2.26.